The second-order valence-corrected chi connectivity index (χ2v) is 4.37. The summed E-state index contributed by atoms with van der Waals surface area (Å²) in [5.41, 5.74) is -0.795. The first-order valence-corrected chi connectivity index (χ1v) is 5.33. The Labute approximate surface area is 108 Å². The average molecular weight is 281 g/mol. The van der Waals surface area contributed by atoms with E-state index in [9.17, 15) is 18.0 Å². The predicted octanol–water partition coefficient (Wildman–Crippen LogP) is 3.48. The highest BCUT2D eigenvalue weighted by molar-refractivity contribution is 6.31. The van der Waals surface area contributed by atoms with Crippen molar-refractivity contribution in [3.8, 4) is 0 Å². The van der Waals surface area contributed by atoms with E-state index in [4.69, 9.17) is 11.6 Å². The molecule has 1 aromatic rings. The fourth-order valence-electron chi connectivity index (χ4n) is 1.34. The number of carbonyl (C=O) groups is 1. The van der Waals surface area contributed by atoms with E-state index in [0.717, 1.165) is 17.0 Å². The van der Waals surface area contributed by atoms with E-state index >= 15 is 0 Å². The zero-order valence-electron chi connectivity index (χ0n) is 10.0. The zero-order valence-corrected chi connectivity index (χ0v) is 10.8. The lowest BCUT2D eigenvalue weighted by Gasteiger charge is -2.23. The minimum atomic E-state index is -4.50. The Morgan fingerprint density at radius 2 is 1.72 bits per heavy atom. The van der Waals surface area contributed by atoms with Crippen molar-refractivity contribution in [1.82, 2.24) is 4.90 Å². The Morgan fingerprint density at radius 3 is 2.17 bits per heavy atom. The number of amides is 2. The lowest BCUT2D eigenvalue weighted by Crippen LogP contribution is -2.36. The van der Waals surface area contributed by atoms with Gasteiger partial charge in [0, 0.05) is 31.9 Å². The van der Waals surface area contributed by atoms with Gasteiger partial charge in [0.25, 0.3) is 0 Å². The highest BCUT2D eigenvalue weighted by Crippen LogP contribution is 2.34. The van der Waals surface area contributed by atoms with E-state index in [-0.39, 0.29) is 10.7 Å². The molecule has 0 heterocycles. The largest absolute Gasteiger partial charge is 0.416 e. The van der Waals surface area contributed by atoms with Crippen LogP contribution in [-0.2, 0) is 6.18 Å². The van der Waals surface area contributed by atoms with Crippen molar-refractivity contribution in [2.24, 2.45) is 0 Å². The van der Waals surface area contributed by atoms with E-state index in [1.807, 2.05) is 0 Å². The first-order valence-electron chi connectivity index (χ1n) is 4.95. The van der Waals surface area contributed by atoms with Crippen LogP contribution < -0.4 is 4.90 Å². The summed E-state index contributed by atoms with van der Waals surface area (Å²) in [4.78, 5) is 14.0. The Bertz CT molecular complexity index is 460. The fraction of sp³-hybridized carbons (Fsp3) is 0.364. The summed E-state index contributed by atoms with van der Waals surface area (Å²) in [6, 6.07) is 2.57. The maximum absolute atomic E-state index is 12.6. The van der Waals surface area contributed by atoms with E-state index in [1.165, 1.54) is 32.1 Å². The predicted molar refractivity (Wildman–Crippen MR) is 63.9 cm³/mol. The molecule has 7 heteroatoms. The molecule has 3 nitrogen and oxygen atoms in total. The summed E-state index contributed by atoms with van der Waals surface area (Å²) in [7, 11) is 4.40. The van der Waals surface area contributed by atoms with E-state index in [1.54, 1.807) is 0 Å². The lowest BCUT2D eigenvalue weighted by molar-refractivity contribution is -0.137. The second kappa shape index (κ2) is 5.06. The van der Waals surface area contributed by atoms with Crippen LogP contribution in [0.5, 0.6) is 0 Å². The molecule has 0 aromatic heterocycles. The third-order valence-electron chi connectivity index (χ3n) is 2.27. The molecule has 1 aromatic carbocycles. The van der Waals surface area contributed by atoms with Gasteiger partial charge in [0.1, 0.15) is 0 Å². The van der Waals surface area contributed by atoms with Crippen LogP contribution in [0.3, 0.4) is 0 Å². The monoisotopic (exact) mass is 280 g/mol. The third-order valence-corrected chi connectivity index (χ3v) is 2.48. The molecule has 100 valence electrons. The molecule has 1 rings (SSSR count). The van der Waals surface area contributed by atoms with Gasteiger partial charge in [0.15, 0.2) is 0 Å². The van der Waals surface area contributed by atoms with Gasteiger partial charge in [-0.2, -0.15) is 13.2 Å². The molecule has 0 bridgehead atoms. The molecule has 0 aliphatic carbocycles. The van der Waals surface area contributed by atoms with Gasteiger partial charge in [0.2, 0.25) is 0 Å². The lowest BCUT2D eigenvalue weighted by atomic mass is 10.2. The van der Waals surface area contributed by atoms with Gasteiger partial charge in [-0.05, 0) is 18.2 Å². The van der Waals surface area contributed by atoms with E-state index in [0.29, 0.717) is 0 Å². The summed E-state index contributed by atoms with van der Waals surface area (Å²) in [5.74, 6) is 0. The second-order valence-electron chi connectivity index (χ2n) is 3.93. The molecular formula is C11H12ClF3N2O. The first kappa shape index (κ1) is 14.6. The number of carbonyl (C=O) groups excluding carboxylic acids is 1. The number of benzene rings is 1. The Morgan fingerprint density at radius 1 is 1.17 bits per heavy atom. The standard InChI is InChI=1S/C11H12ClF3N2O/c1-16(2)10(18)17(3)9-5-7(11(13,14)15)4-8(12)6-9/h4-6H,1-3H3. The number of nitrogens with zero attached hydrogens (tertiary/aromatic N) is 2. The molecule has 0 unspecified atom stereocenters. The minimum absolute atomic E-state index is 0.0711. The first-order chi connectivity index (χ1) is 8.12. The maximum atomic E-state index is 12.6. The molecule has 0 fully saturated rings. The average Bonchev–Trinajstić information content (AvgIpc) is 2.24. The van der Waals surface area contributed by atoms with Crippen molar-refractivity contribution >= 4 is 23.3 Å². The van der Waals surface area contributed by atoms with Crippen molar-refractivity contribution in [2.45, 2.75) is 6.18 Å². The van der Waals surface area contributed by atoms with Crippen LogP contribution >= 0.6 is 11.6 Å². The topological polar surface area (TPSA) is 23.6 Å². The Kier molecular flexibility index (Phi) is 4.11. The Balaban J connectivity index is 3.18. The third kappa shape index (κ3) is 3.29. The van der Waals surface area contributed by atoms with Crippen LogP contribution in [0.2, 0.25) is 5.02 Å². The molecule has 0 aliphatic rings. The van der Waals surface area contributed by atoms with Crippen molar-refractivity contribution in [3.63, 3.8) is 0 Å². The number of rotatable bonds is 1. The maximum Gasteiger partial charge on any atom is 0.416 e. The number of hydrogen-bond acceptors (Lipinski definition) is 1. The van der Waals surface area contributed by atoms with Crippen LogP contribution in [0.1, 0.15) is 5.56 Å². The van der Waals surface area contributed by atoms with E-state index < -0.39 is 17.8 Å². The van der Waals surface area contributed by atoms with Gasteiger partial charge in [-0.3, -0.25) is 4.90 Å². The van der Waals surface area contributed by atoms with Gasteiger partial charge in [-0.1, -0.05) is 11.6 Å². The minimum Gasteiger partial charge on any atom is -0.330 e. The fourth-order valence-corrected chi connectivity index (χ4v) is 1.57. The summed E-state index contributed by atoms with van der Waals surface area (Å²) in [5, 5.41) is -0.0711. The van der Waals surface area contributed by atoms with Gasteiger partial charge in [-0.25, -0.2) is 4.79 Å². The summed E-state index contributed by atoms with van der Waals surface area (Å²) in [6.45, 7) is 0. The number of alkyl halides is 3. The quantitative estimate of drug-likeness (QED) is 0.772. The van der Waals surface area contributed by atoms with Crippen molar-refractivity contribution in [1.29, 1.82) is 0 Å². The molecule has 0 saturated carbocycles. The number of urea groups is 1. The van der Waals surface area contributed by atoms with Crippen LogP contribution in [0.15, 0.2) is 18.2 Å². The molecule has 0 spiro atoms. The van der Waals surface area contributed by atoms with Gasteiger partial charge in [0.05, 0.1) is 5.56 Å². The van der Waals surface area contributed by atoms with Crippen molar-refractivity contribution in [2.75, 3.05) is 26.0 Å². The summed E-state index contributed by atoms with van der Waals surface area (Å²) in [6.07, 6.45) is -4.50. The van der Waals surface area contributed by atoms with Crippen LogP contribution in [-0.4, -0.2) is 32.1 Å². The Hall–Kier alpha value is -1.43. The molecule has 0 N–H and O–H groups in total. The van der Waals surface area contributed by atoms with Crippen molar-refractivity contribution < 1.29 is 18.0 Å². The highest BCUT2D eigenvalue weighted by atomic mass is 35.5. The summed E-state index contributed by atoms with van der Waals surface area (Å²) >= 11 is 5.63. The molecule has 0 saturated heterocycles. The molecule has 0 radical (unpaired) electrons. The van der Waals surface area contributed by atoms with Crippen LogP contribution in [0.25, 0.3) is 0 Å². The molecule has 0 aliphatic heterocycles. The molecule has 2 amide bonds. The van der Waals surface area contributed by atoms with Crippen LogP contribution in [0.4, 0.5) is 23.7 Å². The number of halogens is 4. The molecule has 18 heavy (non-hydrogen) atoms. The van der Waals surface area contributed by atoms with Crippen LogP contribution in [0, 0.1) is 0 Å². The van der Waals surface area contributed by atoms with Gasteiger partial charge < -0.3 is 4.90 Å². The zero-order chi connectivity index (χ0) is 14.1. The van der Waals surface area contributed by atoms with Crippen molar-refractivity contribution in [3.05, 3.63) is 28.8 Å². The van der Waals surface area contributed by atoms with Gasteiger partial charge >= 0.3 is 12.2 Å². The smallest absolute Gasteiger partial charge is 0.330 e. The number of anilines is 1. The molecule has 0 atom stereocenters. The van der Waals surface area contributed by atoms with Gasteiger partial charge in [-0.15, -0.1) is 0 Å². The SMILES string of the molecule is CN(C)C(=O)N(C)c1cc(Cl)cc(C(F)(F)F)c1. The highest BCUT2D eigenvalue weighted by Gasteiger charge is 2.31. The summed E-state index contributed by atoms with van der Waals surface area (Å²) < 4.78 is 37.8. The normalized spacial score (nSPS) is 11.3. The number of hydrogen-bond donors (Lipinski definition) is 0. The molecular weight excluding hydrogens is 269 g/mol. The van der Waals surface area contributed by atoms with E-state index in [2.05, 4.69) is 0 Å².